The molecule has 0 aliphatic carbocycles. The van der Waals surface area contributed by atoms with Gasteiger partial charge in [-0.2, -0.15) is 13.2 Å². The van der Waals surface area contributed by atoms with E-state index in [-0.39, 0.29) is 10.7 Å². The molecule has 0 amide bonds. The fourth-order valence-corrected chi connectivity index (χ4v) is 1.89. The Bertz CT molecular complexity index is 585. The Hall–Kier alpha value is -1.27. The number of benzene rings is 1. The van der Waals surface area contributed by atoms with E-state index in [1.165, 1.54) is 12.3 Å². The third kappa shape index (κ3) is 3.84. The van der Waals surface area contributed by atoms with Crippen molar-refractivity contribution in [3.05, 3.63) is 51.6 Å². The summed E-state index contributed by atoms with van der Waals surface area (Å²) in [6.07, 6.45) is -2.90. The van der Waals surface area contributed by atoms with Gasteiger partial charge < -0.3 is 5.32 Å². The van der Waals surface area contributed by atoms with E-state index in [2.05, 4.69) is 26.2 Å². The maximum Gasteiger partial charge on any atom is 0.416 e. The molecule has 0 bridgehead atoms. The van der Waals surface area contributed by atoms with Crippen molar-refractivity contribution in [2.75, 3.05) is 5.32 Å². The Labute approximate surface area is 120 Å². The van der Waals surface area contributed by atoms with E-state index < -0.39 is 11.7 Å². The first-order chi connectivity index (χ1) is 8.84. The largest absolute Gasteiger partial charge is 0.416 e. The normalized spacial score (nSPS) is 11.4. The van der Waals surface area contributed by atoms with Gasteiger partial charge in [0.15, 0.2) is 0 Å². The zero-order valence-corrected chi connectivity index (χ0v) is 11.6. The molecule has 2 aromatic rings. The van der Waals surface area contributed by atoms with Gasteiger partial charge in [0.25, 0.3) is 0 Å². The SMILES string of the molecule is FC(F)(F)c1cc(Cl)cc(Nc2ccc(Br)cn2)c1. The summed E-state index contributed by atoms with van der Waals surface area (Å²) < 4.78 is 38.7. The summed E-state index contributed by atoms with van der Waals surface area (Å²) in [6.45, 7) is 0. The van der Waals surface area contributed by atoms with Gasteiger partial charge in [0.05, 0.1) is 5.56 Å². The van der Waals surface area contributed by atoms with E-state index in [4.69, 9.17) is 11.6 Å². The molecule has 0 aliphatic rings. The zero-order valence-electron chi connectivity index (χ0n) is 9.30. The van der Waals surface area contributed by atoms with Crippen LogP contribution in [0.4, 0.5) is 24.7 Å². The smallest absolute Gasteiger partial charge is 0.340 e. The van der Waals surface area contributed by atoms with E-state index >= 15 is 0 Å². The summed E-state index contributed by atoms with van der Waals surface area (Å²) in [5.74, 6) is 0.429. The molecule has 1 aromatic carbocycles. The average Bonchev–Trinajstić information content (AvgIpc) is 2.30. The van der Waals surface area contributed by atoms with Crippen molar-refractivity contribution < 1.29 is 13.2 Å². The summed E-state index contributed by atoms with van der Waals surface area (Å²) in [4.78, 5) is 4.01. The molecule has 0 radical (unpaired) electrons. The molecule has 0 fully saturated rings. The third-order valence-corrected chi connectivity index (χ3v) is 2.91. The molecular weight excluding hydrogens is 344 g/mol. The van der Waals surface area contributed by atoms with E-state index in [0.29, 0.717) is 5.82 Å². The molecule has 2 nitrogen and oxygen atoms in total. The van der Waals surface area contributed by atoms with Crippen LogP contribution in [0.2, 0.25) is 5.02 Å². The molecule has 0 spiro atoms. The minimum absolute atomic E-state index is 0.00874. The van der Waals surface area contributed by atoms with E-state index in [1.54, 1.807) is 12.1 Å². The van der Waals surface area contributed by atoms with Crippen molar-refractivity contribution in [3.8, 4) is 0 Å². The average molecular weight is 352 g/mol. The minimum Gasteiger partial charge on any atom is -0.340 e. The maximum absolute atomic E-state index is 12.6. The first-order valence-electron chi connectivity index (χ1n) is 5.11. The van der Waals surface area contributed by atoms with Crippen LogP contribution in [0.15, 0.2) is 41.0 Å². The zero-order chi connectivity index (χ0) is 14.0. The monoisotopic (exact) mass is 350 g/mol. The lowest BCUT2D eigenvalue weighted by Gasteiger charge is -2.11. The highest BCUT2D eigenvalue weighted by Crippen LogP contribution is 2.33. The van der Waals surface area contributed by atoms with Gasteiger partial charge in [-0.05, 0) is 46.3 Å². The van der Waals surface area contributed by atoms with Crippen LogP contribution in [0.3, 0.4) is 0 Å². The number of rotatable bonds is 2. The van der Waals surface area contributed by atoms with Crippen LogP contribution in [0, 0.1) is 0 Å². The topological polar surface area (TPSA) is 24.9 Å². The van der Waals surface area contributed by atoms with Crippen LogP contribution < -0.4 is 5.32 Å². The molecular formula is C12H7BrClF3N2. The van der Waals surface area contributed by atoms with Crippen LogP contribution in [-0.2, 0) is 6.18 Å². The molecule has 2 rings (SSSR count). The quantitative estimate of drug-likeness (QED) is 0.798. The number of nitrogens with zero attached hydrogens (tertiary/aromatic N) is 1. The first kappa shape index (κ1) is 14.1. The van der Waals surface area contributed by atoms with Crippen LogP contribution in [-0.4, -0.2) is 4.98 Å². The van der Waals surface area contributed by atoms with Crippen LogP contribution in [0.5, 0.6) is 0 Å². The van der Waals surface area contributed by atoms with Gasteiger partial charge in [0.1, 0.15) is 5.82 Å². The molecule has 1 aromatic heterocycles. The van der Waals surface area contributed by atoms with Gasteiger partial charge in [0, 0.05) is 21.4 Å². The van der Waals surface area contributed by atoms with E-state index in [1.807, 2.05) is 0 Å². The van der Waals surface area contributed by atoms with Crippen molar-refractivity contribution in [2.45, 2.75) is 6.18 Å². The van der Waals surface area contributed by atoms with Gasteiger partial charge in [-0.15, -0.1) is 0 Å². The molecule has 7 heteroatoms. The fraction of sp³-hybridized carbons (Fsp3) is 0.0833. The Balaban J connectivity index is 2.30. The standard InChI is InChI=1S/C12H7BrClF3N2/c13-8-1-2-11(18-6-8)19-10-4-7(12(15,16)17)3-9(14)5-10/h1-6H,(H,18,19). The molecule has 0 aliphatic heterocycles. The molecule has 19 heavy (non-hydrogen) atoms. The number of pyridine rings is 1. The Morgan fingerprint density at radius 3 is 2.47 bits per heavy atom. The third-order valence-electron chi connectivity index (χ3n) is 2.22. The maximum atomic E-state index is 12.6. The predicted molar refractivity (Wildman–Crippen MR) is 71.7 cm³/mol. The highest BCUT2D eigenvalue weighted by molar-refractivity contribution is 9.10. The Morgan fingerprint density at radius 1 is 1.16 bits per heavy atom. The highest BCUT2D eigenvalue weighted by atomic mass is 79.9. The van der Waals surface area contributed by atoms with Crippen LogP contribution >= 0.6 is 27.5 Å². The number of hydrogen-bond acceptors (Lipinski definition) is 2. The van der Waals surface area contributed by atoms with Crippen LogP contribution in [0.1, 0.15) is 5.56 Å². The number of halogens is 5. The van der Waals surface area contributed by atoms with Crippen molar-refractivity contribution in [2.24, 2.45) is 0 Å². The van der Waals surface area contributed by atoms with Gasteiger partial charge in [0.2, 0.25) is 0 Å². The first-order valence-corrected chi connectivity index (χ1v) is 6.28. The van der Waals surface area contributed by atoms with E-state index in [9.17, 15) is 13.2 Å². The lowest BCUT2D eigenvalue weighted by atomic mass is 10.2. The molecule has 1 heterocycles. The number of hydrogen-bond donors (Lipinski definition) is 1. The second-order valence-electron chi connectivity index (χ2n) is 3.71. The fourth-order valence-electron chi connectivity index (χ4n) is 1.42. The van der Waals surface area contributed by atoms with Crippen molar-refractivity contribution >= 4 is 39.0 Å². The van der Waals surface area contributed by atoms with Gasteiger partial charge >= 0.3 is 6.18 Å². The molecule has 100 valence electrons. The predicted octanol–water partition coefficient (Wildman–Crippen LogP) is 5.26. The number of nitrogens with one attached hydrogen (secondary N) is 1. The number of anilines is 2. The lowest BCUT2D eigenvalue weighted by molar-refractivity contribution is -0.137. The van der Waals surface area contributed by atoms with E-state index in [0.717, 1.165) is 16.6 Å². The van der Waals surface area contributed by atoms with Crippen molar-refractivity contribution in [1.82, 2.24) is 4.98 Å². The number of aromatic nitrogens is 1. The number of alkyl halides is 3. The van der Waals surface area contributed by atoms with Crippen molar-refractivity contribution in [3.63, 3.8) is 0 Å². The van der Waals surface area contributed by atoms with Crippen LogP contribution in [0.25, 0.3) is 0 Å². The summed E-state index contributed by atoms with van der Waals surface area (Å²) >= 11 is 8.90. The van der Waals surface area contributed by atoms with Gasteiger partial charge in [-0.3, -0.25) is 0 Å². The Kier molecular flexibility index (Phi) is 4.01. The summed E-state index contributed by atoms with van der Waals surface area (Å²) in [7, 11) is 0. The summed E-state index contributed by atoms with van der Waals surface area (Å²) in [5.41, 5.74) is -0.575. The highest BCUT2D eigenvalue weighted by Gasteiger charge is 2.31. The minimum atomic E-state index is -4.44. The second-order valence-corrected chi connectivity index (χ2v) is 5.07. The summed E-state index contributed by atoms with van der Waals surface area (Å²) in [6, 6.07) is 6.63. The van der Waals surface area contributed by atoms with Gasteiger partial charge in [-0.1, -0.05) is 11.6 Å². The van der Waals surface area contributed by atoms with Gasteiger partial charge in [-0.25, -0.2) is 4.98 Å². The van der Waals surface area contributed by atoms with Crippen molar-refractivity contribution in [1.29, 1.82) is 0 Å². The summed E-state index contributed by atoms with van der Waals surface area (Å²) in [5, 5.41) is 2.78. The molecule has 0 saturated heterocycles. The Morgan fingerprint density at radius 2 is 1.89 bits per heavy atom. The molecule has 1 N–H and O–H groups in total. The molecule has 0 saturated carbocycles. The second kappa shape index (κ2) is 5.38. The molecule has 0 atom stereocenters. The lowest BCUT2D eigenvalue weighted by Crippen LogP contribution is -2.05. The molecule has 0 unspecified atom stereocenters.